The van der Waals surface area contributed by atoms with Gasteiger partial charge in [-0.1, -0.05) is 157 Å². The molecule has 1 rings (SSSR count). The summed E-state index contributed by atoms with van der Waals surface area (Å²) in [6, 6.07) is 0. The molecule has 64 heavy (non-hydrogen) atoms. The fraction of sp³-hybridized carbons (Fsp3) is 0.706. The molecule has 0 aliphatic carbocycles. The monoisotopic (exact) mass is 923 g/mol. The summed E-state index contributed by atoms with van der Waals surface area (Å²) >= 11 is 0. The van der Waals surface area contributed by atoms with Crippen LogP contribution in [0.4, 0.5) is 0 Å². The predicted octanol–water partition coefficient (Wildman–Crippen LogP) is 10.9. The summed E-state index contributed by atoms with van der Waals surface area (Å²) in [4.78, 5) is 12.9. The average molecular weight is 923 g/mol. The lowest BCUT2D eigenvalue weighted by atomic mass is 9.99. The van der Waals surface area contributed by atoms with Crippen LogP contribution >= 0.6 is 0 Å². The highest BCUT2D eigenvalue weighted by Crippen LogP contribution is 2.26. The maximum atomic E-state index is 12.9. The number of unbranched alkanes of at least 4 members (excludes halogenated alkanes) is 14. The largest absolute Gasteiger partial charge is 0.457 e. The van der Waals surface area contributed by atoms with Crippen LogP contribution in [0.1, 0.15) is 168 Å². The van der Waals surface area contributed by atoms with E-state index in [1.165, 1.54) is 44.9 Å². The van der Waals surface area contributed by atoms with Gasteiger partial charge >= 0.3 is 16.4 Å². The van der Waals surface area contributed by atoms with E-state index in [0.29, 0.717) is 13.0 Å². The Balaban J connectivity index is 2.42. The zero-order valence-electron chi connectivity index (χ0n) is 39.3. The summed E-state index contributed by atoms with van der Waals surface area (Å²) in [5.74, 6) is -0.429. The van der Waals surface area contributed by atoms with Crippen LogP contribution in [-0.2, 0) is 38.3 Å². The van der Waals surface area contributed by atoms with Crippen LogP contribution in [0.15, 0.2) is 85.1 Å². The van der Waals surface area contributed by atoms with Gasteiger partial charge in [-0.05, 0) is 89.9 Å². The minimum absolute atomic E-state index is 0.0162. The van der Waals surface area contributed by atoms with Crippen molar-refractivity contribution >= 4 is 16.4 Å². The molecule has 0 bridgehead atoms. The summed E-state index contributed by atoms with van der Waals surface area (Å²) < 4.78 is 59.1. The highest BCUT2D eigenvalue weighted by atomic mass is 32.3. The van der Waals surface area contributed by atoms with E-state index in [0.717, 1.165) is 96.3 Å². The number of hydrogen-bond acceptors (Lipinski definition) is 11. The van der Waals surface area contributed by atoms with Crippen molar-refractivity contribution in [2.45, 2.75) is 205 Å². The zero-order chi connectivity index (χ0) is 46.8. The third-order valence-electron chi connectivity index (χ3n) is 10.5. The van der Waals surface area contributed by atoms with E-state index in [2.05, 4.69) is 103 Å². The molecule has 6 atom stereocenters. The topological polar surface area (TPSA) is 178 Å². The molecule has 1 aliphatic heterocycles. The van der Waals surface area contributed by atoms with Crippen molar-refractivity contribution in [3.05, 3.63) is 85.1 Å². The summed E-state index contributed by atoms with van der Waals surface area (Å²) in [5, 5.41) is 30.7. The molecular formula is C51H86O12S. The van der Waals surface area contributed by atoms with Crippen molar-refractivity contribution in [1.29, 1.82) is 0 Å². The minimum Gasteiger partial charge on any atom is -0.457 e. The maximum absolute atomic E-state index is 12.9. The van der Waals surface area contributed by atoms with Crippen molar-refractivity contribution in [3.63, 3.8) is 0 Å². The Labute approximate surface area is 387 Å². The normalized spacial score (nSPS) is 20.5. The maximum Gasteiger partial charge on any atom is 0.397 e. The van der Waals surface area contributed by atoms with Crippen LogP contribution in [-0.4, -0.2) is 97.5 Å². The number of aliphatic hydroxyl groups is 3. The summed E-state index contributed by atoms with van der Waals surface area (Å²) in [5.41, 5.74) is 0. The molecule has 0 spiro atoms. The number of esters is 1. The van der Waals surface area contributed by atoms with Gasteiger partial charge in [-0.25, -0.2) is 4.18 Å². The molecule has 0 aromatic carbocycles. The Morgan fingerprint density at radius 1 is 0.609 bits per heavy atom. The molecule has 1 aliphatic rings. The molecule has 6 unspecified atom stereocenters. The molecule has 13 heteroatoms. The van der Waals surface area contributed by atoms with Gasteiger partial charge in [0, 0.05) is 13.0 Å². The Kier molecular flexibility index (Phi) is 38.6. The highest BCUT2D eigenvalue weighted by Gasteiger charge is 2.48. The van der Waals surface area contributed by atoms with Crippen LogP contribution in [0.25, 0.3) is 0 Å². The molecule has 368 valence electrons. The van der Waals surface area contributed by atoms with E-state index in [1.54, 1.807) is 0 Å². The van der Waals surface area contributed by atoms with Gasteiger partial charge in [-0.3, -0.25) is 9.35 Å². The first-order valence-corrected chi connectivity index (χ1v) is 25.7. The predicted molar refractivity (Wildman–Crippen MR) is 257 cm³/mol. The molecular weight excluding hydrogens is 837 g/mol. The zero-order valence-corrected chi connectivity index (χ0v) is 40.1. The van der Waals surface area contributed by atoms with Crippen molar-refractivity contribution in [2.75, 3.05) is 26.4 Å². The number of rotatable bonds is 41. The second kappa shape index (κ2) is 41.7. The molecule has 1 saturated heterocycles. The van der Waals surface area contributed by atoms with E-state index < -0.39 is 59.8 Å². The van der Waals surface area contributed by atoms with Crippen molar-refractivity contribution < 1.29 is 56.2 Å². The lowest BCUT2D eigenvalue weighted by molar-refractivity contribution is -0.301. The Morgan fingerprint density at radius 2 is 1.08 bits per heavy atom. The molecule has 1 fully saturated rings. The van der Waals surface area contributed by atoms with Crippen molar-refractivity contribution in [1.82, 2.24) is 0 Å². The molecule has 12 nitrogen and oxygen atoms in total. The van der Waals surface area contributed by atoms with Crippen LogP contribution in [0, 0.1) is 0 Å². The van der Waals surface area contributed by atoms with Crippen LogP contribution in [0.5, 0.6) is 0 Å². The van der Waals surface area contributed by atoms with Gasteiger partial charge in [0.15, 0.2) is 6.29 Å². The van der Waals surface area contributed by atoms with Gasteiger partial charge < -0.3 is 34.3 Å². The van der Waals surface area contributed by atoms with Crippen LogP contribution < -0.4 is 0 Å². The van der Waals surface area contributed by atoms with Gasteiger partial charge in [0.25, 0.3) is 0 Å². The highest BCUT2D eigenvalue weighted by molar-refractivity contribution is 7.80. The fourth-order valence-corrected chi connectivity index (χ4v) is 7.35. The second-order valence-corrected chi connectivity index (χ2v) is 17.4. The van der Waals surface area contributed by atoms with Crippen molar-refractivity contribution in [3.8, 4) is 0 Å². The molecule has 0 aromatic heterocycles. The van der Waals surface area contributed by atoms with Crippen LogP contribution in [0.3, 0.4) is 0 Å². The third-order valence-corrected chi connectivity index (χ3v) is 11.0. The van der Waals surface area contributed by atoms with Crippen LogP contribution in [0.2, 0.25) is 0 Å². The fourth-order valence-electron chi connectivity index (χ4n) is 6.85. The first-order valence-electron chi connectivity index (χ1n) is 24.3. The van der Waals surface area contributed by atoms with Gasteiger partial charge in [0.2, 0.25) is 0 Å². The standard InChI is InChI=1S/C51H86O12S/c1-3-5-7-9-11-13-15-17-19-20-21-22-23-24-25-26-27-28-30-32-34-36-38-40-47(53)61-45(43-59-41-39-37-35-33-31-29-18-16-14-12-10-8-6-4-2)44-60-51-49(55)50(63-64(56,57)58)48(54)46(42-52)62-51/h5,7,11,13-14,16-17,19,21-22,24-25,27-28,45-46,48-52,54-55H,3-4,6,8-10,12,15,18,20,23,26,29-44H2,1-2H3,(H,56,57,58)/b7-5-,13-11-,16-14-,19-17-,22-21-,25-24-,28-27-. The molecule has 0 aromatic rings. The van der Waals surface area contributed by atoms with Gasteiger partial charge in [-0.2, -0.15) is 8.42 Å². The molecule has 0 saturated carbocycles. The van der Waals surface area contributed by atoms with Gasteiger partial charge in [0.1, 0.15) is 30.5 Å². The smallest absolute Gasteiger partial charge is 0.397 e. The lowest BCUT2D eigenvalue weighted by Gasteiger charge is -2.41. The SMILES string of the molecule is CC/C=C\C/C=C\C/C=C\C/C=C\C/C=C\C/C=C\CCCCCCC(=O)OC(COCCCCCCCC/C=C\CCCCCC)COC1OC(CO)C(O)C(OS(=O)(=O)O)C1O. The van der Waals surface area contributed by atoms with E-state index in [4.69, 9.17) is 18.9 Å². The number of carbonyl (C=O) groups excluding carboxylic acids is 1. The molecule has 0 amide bonds. The van der Waals surface area contributed by atoms with Gasteiger partial charge in [-0.15, -0.1) is 0 Å². The first-order chi connectivity index (χ1) is 31.1. The molecule has 0 radical (unpaired) electrons. The third kappa shape index (κ3) is 34.6. The number of ether oxygens (including phenoxy) is 4. The minimum atomic E-state index is -5.07. The number of carbonyl (C=O) groups is 1. The van der Waals surface area contributed by atoms with Crippen molar-refractivity contribution in [2.24, 2.45) is 0 Å². The van der Waals surface area contributed by atoms with Gasteiger partial charge in [0.05, 0.1) is 19.8 Å². The van der Waals surface area contributed by atoms with E-state index >= 15 is 0 Å². The average Bonchev–Trinajstić information content (AvgIpc) is 3.27. The first kappa shape index (κ1) is 59.3. The van der Waals surface area contributed by atoms with E-state index in [1.807, 2.05) is 0 Å². The Hall–Kier alpha value is -2.72. The summed E-state index contributed by atoms with van der Waals surface area (Å²) in [7, 11) is -5.07. The number of aliphatic hydroxyl groups excluding tert-OH is 3. The summed E-state index contributed by atoms with van der Waals surface area (Å²) in [6.45, 7) is 3.80. The van der Waals surface area contributed by atoms with E-state index in [-0.39, 0.29) is 19.6 Å². The van der Waals surface area contributed by atoms with E-state index in [9.17, 15) is 33.1 Å². The number of hydrogen-bond donors (Lipinski definition) is 4. The summed E-state index contributed by atoms with van der Waals surface area (Å²) in [6.07, 6.45) is 46.1. The second-order valence-electron chi connectivity index (χ2n) is 16.3. The quantitative estimate of drug-likeness (QED) is 0.0198. The lowest BCUT2D eigenvalue weighted by Crippen LogP contribution is -2.60. The Morgan fingerprint density at radius 3 is 1.59 bits per heavy atom. The Bertz CT molecular complexity index is 1440. The molecule has 4 N–H and O–H groups in total. The molecule has 1 heterocycles. The number of allylic oxidation sites excluding steroid dienone is 14.